The van der Waals surface area contributed by atoms with Crippen LogP contribution in [0.2, 0.25) is 0 Å². The normalized spacial score (nSPS) is 13.1. The standard InChI is InChI=1S/C60H94NO8P/c1-3-5-7-9-11-13-15-17-19-21-23-25-27-29-40-48-58(62)66-52-57(69-59(63)49-41-30-28-26-24-22-20-18-16-14-12-10-8-6-4-2)53-68-70(64,65)67-51-50-61-60(54-42-34-31-35-43-54,55-44-36-32-37-45-55)56-46-38-33-39-47-56/h17,19,31-39,42-47,57,61H,3-16,18,20-30,40-41,48-53H2,1-2H3,(H,64,65)/t57-/m1/s1. The van der Waals surface area contributed by atoms with Crippen LogP contribution in [0.4, 0.5) is 0 Å². The van der Waals surface area contributed by atoms with Crippen LogP contribution in [-0.4, -0.2) is 49.3 Å². The van der Waals surface area contributed by atoms with Crippen molar-refractivity contribution in [2.45, 2.75) is 218 Å². The number of phosphoric acid groups is 1. The summed E-state index contributed by atoms with van der Waals surface area (Å²) in [4.78, 5) is 36.7. The van der Waals surface area contributed by atoms with Crippen LogP contribution in [0.1, 0.15) is 223 Å². The lowest BCUT2D eigenvalue weighted by Crippen LogP contribution is -2.46. The average molecular weight is 988 g/mol. The molecule has 0 aliphatic carbocycles. The molecule has 0 fully saturated rings. The maximum absolute atomic E-state index is 13.3. The molecule has 0 heterocycles. The van der Waals surface area contributed by atoms with Gasteiger partial charge in [-0.3, -0.25) is 24.0 Å². The lowest BCUT2D eigenvalue weighted by Gasteiger charge is -2.37. The molecule has 0 aromatic heterocycles. The minimum atomic E-state index is -4.61. The molecule has 0 aliphatic heterocycles. The number of carbonyl (C=O) groups excluding carboxylic acids is 2. The highest BCUT2D eigenvalue weighted by Crippen LogP contribution is 2.43. The third kappa shape index (κ3) is 27.9. The Morgan fingerprint density at radius 2 is 0.886 bits per heavy atom. The van der Waals surface area contributed by atoms with Crippen molar-refractivity contribution in [1.29, 1.82) is 0 Å². The molecule has 0 radical (unpaired) electrons. The van der Waals surface area contributed by atoms with Gasteiger partial charge in [-0.15, -0.1) is 0 Å². The number of hydrogen-bond donors (Lipinski definition) is 2. The van der Waals surface area contributed by atoms with E-state index in [-0.39, 0.29) is 32.6 Å². The molecule has 2 atom stereocenters. The zero-order chi connectivity index (χ0) is 50.1. The molecule has 0 amide bonds. The maximum Gasteiger partial charge on any atom is 0.472 e. The zero-order valence-corrected chi connectivity index (χ0v) is 44.6. The molecule has 0 saturated heterocycles. The van der Waals surface area contributed by atoms with Crippen molar-refractivity contribution in [3.8, 4) is 0 Å². The van der Waals surface area contributed by atoms with Crippen molar-refractivity contribution < 1.29 is 37.6 Å². The van der Waals surface area contributed by atoms with Gasteiger partial charge in [0.2, 0.25) is 0 Å². The first-order valence-corrected chi connectivity index (χ1v) is 29.3. The zero-order valence-electron chi connectivity index (χ0n) is 43.7. The largest absolute Gasteiger partial charge is 0.472 e. The fraction of sp³-hybridized carbons (Fsp3) is 0.633. The van der Waals surface area contributed by atoms with Gasteiger partial charge in [-0.2, -0.15) is 0 Å². The first-order valence-electron chi connectivity index (χ1n) is 27.8. The molecule has 1 unspecified atom stereocenters. The minimum absolute atomic E-state index is 0.156. The first-order chi connectivity index (χ1) is 34.3. The molecular weight excluding hydrogens is 894 g/mol. The van der Waals surface area contributed by atoms with Gasteiger partial charge in [0.05, 0.1) is 18.8 Å². The van der Waals surface area contributed by atoms with E-state index in [4.69, 9.17) is 18.5 Å². The lowest BCUT2D eigenvalue weighted by atomic mass is 9.77. The van der Waals surface area contributed by atoms with Crippen molar-refractivity contribution in [2.24, 2.45) is 0 Å². The van der Waals surface area contributed by atoms with Crippen LogP contribution in [0.15, 0.2) is 103 Å². The molecule has 9 nitrogen and oxygen atoms in total. The summed E-state index contributed by atoms with van der Waals surface area (Å²) < 4.78 is 35.5. The van der Waals surface area contributed by atoms with Gasteiger partial charge in [0, 0.05) is 19.4 Å². The summed E-state index contributed by atoms with van der Waals surface area (Å²) in [5, 5.41) is 3.64. The Hall–Kier alpha value is -3.59. The van der Waals surface area contributed by atoms with E-state index in [9.17, 15) is 19.0 Å². The number of benzene rings is 3. The summed E-state index contributed by atoms with van der Waals surface area (Å²) in [6.45, 7) is 3.81. The van der Waals surface area contributed by atoms with Gasteiger partial charge in [0.1, 0.15) is 6.61 Å². The molecule has 3 aromatic rings. The fourth-order valence-corrected chi connectivity index (χ4v) is 9.84. The highest BCUT2D eigenvalue weighted by atomic mass is 31.2. The molecular formula is C60H94NO8P. The van der Waals surface area contributed by atoms with E-state index >= 15 is 0 Å². The van der Waals surface area contributed by atoms with E-state index in [0.29, 0.717) is 12.8 Å². The molecule has 3 rings (SSSR count). The van der Waals surface area contributed by atoms with E-state index in [1.807, 2.05) is 54.6 Å². The van der Waals surface area contributed by atoms with Crippen LogP contribution in [0.5, 0.6) is 0 Å². The lowest BCUT2D eigenvalue weighted by molar-refractivity contribution is -0.161. The molecule has 70 heavy (non-hydrogen) atoms. The van der Waals surface area contributed by atoms with E-state index in [0.717, 1.165) is 68.1 Å². The van der Waals surface area contributed by atoms with Gasteiger partial charge in [0.25, 0.3) is 0 Å². The van der Waals surface area contributed by atoms with Crippen molar-refractivity contribution >= 4 is 19.8 Å². The Morgan fingerprint density at radius 1 is 0.514 bits per heavy atom. The molecule has 0 bridgehead atoms. The Balaban J connectivity index is 1.45. The van der Waals surface area contributed by atoms with Gasteiger partial charge >= 0.3 is 19.8 Å². The summed E-state index contributed by atoms with van der Waals surface area (Å²) in [7, 11) is -4.61. The highest BCUT2D eigenvalue weighted by Gasteiger charge is 2.36. The van der Waals surface area contributed by atoms with Crippen LogP contribution in [0, 0.1) is 0 Å². The summed E-state index contributed by atoms with van der Waals surface area (Å²) in [6.07, 6.45) is 37.6. The highest BCUT2D eigenvalue weighted by molar-refractivity contribution is 7.47. The third-order valence-corrected chi connectivity index (χ3v) is 14.1. The number of allylic oxidation sites excluding steroid dienone is 2. The second kappa shape index (κ2) is 40.0. The fourth-order valence-electron chi connectivity index (χ4n) is 9.08. The first kappa shape index (κ1) is 60.7. The molecule has 2 N–H and O–H groups in total. The van der Waals surface area contributed by atoms with E-state index in [1.54, 1.807) is 0 Å². The number of hydrogen-bond acceptors (Lipinski definition) is 8. The second-order valence-corrected chi connectivity index (χ2v) is 20.7. The Morgan fingerprint density at radius 3 is 1.30 bits per heavy atom. The number of carbonyl (C=O) groups is 2. The molecule has 392 valence electrons. The second-order valence-electron chi connectivity index (χ2n) is 19.2. The number of ether oxygens (including phenoxy) is 2. The summed E-state index contributed by atoms with van der Waals surface area (Å²) in [5.74, 6) is -0.845. The van der Waals surface area contributed by atoms with Crippen molar-refractivity contribution in [2.75, 3.05) is 26.4 Å². The molecule has 3 aromatic carbocycles. The number of esters is 2. The Kier molecular flexibility index (Phi) is 34.7. The van der Waals surface area contributed by atoms with Gasteiger partial charge in [-0.25, -0.2) is 4.57 Å². The quantitative estimate of drug-likeness (QED) is 0.0187. The van der Waals surface area contributed by atoms with Crippen LogP contribution in [0.3, 0.4) is 0 Å². The van der Waals surface area contributed by atoms with Crippen LogP contribution >= 0.6 is 7.82 Å². The van der Waals surface area contributed by atoms with Gasteiger partial charge in [-0.1, -0.05) is 258 Å². The van der Waals surface area contributed by atoms with Gasteiger partial charge in [0.15, 0.2) is 6.10 Å². The monoisotopic (exact) mass is 988 g/mol. The number of phosphoric ester groups is 1. The SMILES string of the molecule is CCCCCCCCC=CCCCCCCCC(=O)OC[C@H](COP(=O)(O)OCCNC(c1ccccc1)(c1ccccc1)c1ccccc1)OC(=O)CCCCCCCCCCCCCCCCC. The third-order valence-electron chi connectivity index (χ3n) is 13.1. The summed E-state index contributed by atoms with van der Waals surface area (Å²) >= 11 is 0. The van der Waals surface area contributed by atoms with E-state index < -0.39 is 38.0 Å². The number of unbranched alkanes of at least 4 members (excludes halogenated alkanes) is 25. The van der Waals surface area contributed by atoms with Gasteiger partial charge in [-0.05, 0) is 55.2 Å². The smallest absolute Gasteiger partial charge is 0.462 e. The van der Waals surface area contributed by atoms with Crippen molar-refractivity contribution in [3.05, 3.63) is 120 Å². The van der Waals surface area contributed by atoms with E-state index in [1.165, 1.54) is 116 Å². The van der Waals surface area contributed by atoms with Crippen LogP contribution in [0.25, 0.3) is 0 Å². The predicted octanol–water partition coefficient (Wildman–Crippen LogP) is 16.5. The van der Waals surface area contributed by atoms with Gasteiger partial charge < -0.3 is 14.4 Å². The molecule has 0 aliphatic rings. The maximum atomic E-state index is 13.3. The Bertz CT molecular complexity index is 1700. The average Bonchev–Trinajstić information content (AvgIpc) is 3.38. The molecule has 0 spiro atoms. The van der Waals surface area contributed by atoms with Crippen LogP contribution in [-0.2, 0) is 38.2 Å². The van der Waals surface area contributed by atoms with E-state index in [2.05, 4.69) is 67.7 Å². The van der Waals surface area contributed by atoms with Crippen molar-refractivity contribution in [1.82, 2.24) is 5.32 Å². The summed E-state index contributed by atoms with van der Waals surface area (Å²) in [6, 6.07) is 30.2. The number of nitrogens with one attached hydrogen (secondary N) is 1. The minimum Gasteiger partial charge on any atom is -0.462 e. The Labute approximate surface area is 425 Å². The number of rotatable bonds is 45. The molecule has 0 saturated carbocycles. The summed E-state index contributed by atoms with van der Waals surface area (Å²) in [5.41, 5.74) is 2.21. The van der Waals surface area contributed by atoms with Crippen LogP contribution < -0.4 is 5.32 Å². The predicted molar refractivity (Wildman–Crippen MR) is 289 cm³/mol. The topological polar surface area (TPSA) is 120 Å². The van der Waals surface area contributed by atoms with Crippen molar-refractivity contribution in [3.63, 3.8) is 0 Å². The molecule has 10 heteroatoms.